The average molecular weight is 453 g/mol. The molecule has 0 aliphatic carbocycles. The Hall–Kier alpha value is -4.01. The van der Waals surface area contributed by atoms with Crippen LogP contribution in [0.25, 0.3) is 10.9 Å². The Morgan fingerprint density at radius 2 is 1.64 bits per heavy atom. The van der Waals surface area contributed by atoms with E-state index in [2.05, 4.69) is 21.2 Å². The van der Waals surface area contributed by atoms with Crippen LogP contribution in [0.1, 0.15) is 26.3 Å². The van der Waals surface area contributed by atoms with Crippen molar-refractivity contribution in [2.45, 2.75) is 39.3 Å². The molecule has 3 rings (SSSR count). The largest absolute Gasteiger partial charge is 0.494 e. The summed E-state index contributed by atoms with van der Waals surface area (Å²) in [6.45, 7) is 5.34. The van der Waals surface area contributed by atoms with Gasteiger partial charge in [-0.05, 0) is 49.7 Å². The molecule has 4 N–H and O–H groups in total. The number of hydrogen-bond donors (Lipinski definition) is 4. The van der Waals surface area contributed by atoms with E-state index >= 15 is 0 Å². The minimum Gasteiger partial charge on any atom is -0.494 e. The second-order valence-corrected chi connectivity index (χ2v) is 7.46. The summed E-state index contributed by atoms with van der Waals surface area (Å²) in [4.78, 5) is 39.9. The van der Waals surface area contributed by atoms with E-state index in [4.69, 9.17) is 9.47 Å². The van der Waals surface area contributed by atoms with E-state index in [0.29, 0.717) is 18.1 Å². The lowest BCUT2D eigenvalue weighted by molar-refractivity contribution is -0.134. The molecule has 0 saturated heterocycles. The number of carbonyl (C=O) groups excluding carboxylic acids is 3. The molecule has 0 fully saturated rings. The van der Waals surface area contributed by atoms with Crippen LogP contribution in [0.2, 0.25) is 0 Å². The number of fused-ring (bicyclic) bond motifs is 1. The Bertz CT molecular complexity index is 1110. The number of rotatable bonds is 9. The molecule has 2 unspecified atom stereocenters. The smallest absolute Gasteiger partial charge is 0.279 e. The predicted octanol–water partition coefficient (Wildman–Crippen LogP) is 2.23. The zero-order chi connectivity index (χ0) is 23.8. The molecule has 174 valence electrons. The molecule has 0 spiro atoms. The van der Waals surface area contributed by atoms with E-state index in [1.54, 1.807) is 37.4 Å². The maximum absolute atomic E-state index is 12.7. The Morgan fingerprint density at radius 3 is 2.33 bits per heavy atom. The molecule has 9 heteroatoms. The van der Waals surface area contributed by atoms with E-state index in [-0.39, 0.29) is 12.3 Å². The molecule has 2 atom stereocenters. The van der Waals surface area contributed by atoms with Gasteiger partial charge in [0, 0.05) is 30.4 Å². The van der Waals surface area contributed by atoms with Crippen LogP contribution in [0, 0.1) is 0 Å². The van der Waals surface area contributed by atoms with Crippen molar-refractivity contribution in [1.29, 1.82) is 0 Å². The first-order valence-electron chi connectivity index (χ1n) is 10.7. The Kier molecular flexibility index (Phi) is 7.91. The molecule has 0 saturated carbocycles. The van der Waals surface area contributed by atoms with E-state index < -0.39 is 24.0 Å². The Balaban J connectivity index is 1.57. The van der Waals surface area contributed by atoms with E-state index in [1.807, 2.05) is 31.2 Å². The fourth-order valence-corrected chi connectivity index (χ4v) is 3.33. The van der Waals surface area contributed by atoms with Crippen molar-refractivity contribution in [2.24, 2.45) is 0 Å². The molecule has 3 amide bonds. The van der Waals surface area contributed by atoms with Gasteiger partial charge in [0.1, 0.15) is 17.5 Å². The van der Waals surface area contributed by atoms with Gasteiger partial charge in [0.15, 0.2) is 6.10 Å². The van der Waals surface area contributed by atoms with Crippen LogP contribution in [-0.4, -0.2) is 41.5 Å². The molecule has 0 aliphatic heterocycles. The van der Waals surface area contributed by atoms with Crippen LogP contribution in [0.4, 0.5) is 0 Å². The maximum atomic E-state index is 12.7. The van der Waals surface area contributed by atoms with Crippen LogP contribution >= 0.6 is 0 Å². The fourth-order valence-electron chi connectivity index (χ4n) is 3.33. The van der Waals surface area contributed by atoms with Crippen LogP contribution in [0.3, 0.4) is 0 Å². The van der Waals surface area contributed by atoms with Crippen molar-refractivity contribution in [2.75, 3.05) is 6.61 Å². The molecule has 0 bridgehead atoms. The highest BCUT2D eigenvalue weighted by Crippen LogP contribution is 2.20. The van der Waals surface area contributed by atoms with Crippen LogP contribution in [-0.2, 0) is 20.8 Å². The van der Waals surface area contributed by atoms with E-state index in [9.17, 15) is 14.4 Å². The summed E-state index contributed by atoms with van der Waals surface area (Å²) in [5, 5.41) is 3.59. The number of aromatic nitrogens is 1. The van der Waals surface area contributed by atoms with Crippen molar-refractivity contribution >= 4 is 28.6 Å². The number of benzene rings is 2. The zero-order valence-corrected chi connectivity index (χ0v) is 18.8. The molecule has 1 aromatic heterocycles. The molecule has 1 heterocycles. The fraction of sp³-hybridized carbons (Fsp3) is 0.292. The van der Waals surface area contributed by atoms with Crippen molar-refractivity contribution in [3.05, 3.63) is 60.3 Å². The Morgan fingerprint density at radius 1 is 0.970 bits per heavy atom. The first-order valence-corrected chi connectivity index (χ1v) is 10.7. The summed E-state index contributed by atoms with van der Waals surface area (Å²) in [5.74, 6) is -0.243. The number of amides is 3. The lowest BCUT2D eigenvalue weighted by atomic mass is 10.0. The summed E-state index contributed by atoms with van der Waals surface area (Å²) < 4.78 is 11.0. The third-order valence-electron chi connectivity index (χ3n) is 4.92. The highest BCUT2D eigenvalue weighted by atomic mass is 16.5. The number of carbonyl (C=O) groups is 3. The van der Waals surface area contributed by atoms with Gasteiger partial charge < -0.3 is 19.8 Å². The van der Waals surface area contributed by atoms with Crippen molar-refractivity contribution < 1.29 is 23.9 Å². The number of para-hydroxylation sites is 1. The monoisotopic (exact) mass is 452 g/mol. The van der Waals surface area contributed by atoms with Crippen LogP contribution < -0.4 is 25.6 Å². The highest BCUT2D eigenvalue weighted by Gasteiger charge is 2.23. The third-order valence-corrected chi connectivity index (χ3v) is 4.92. The minimum absolute atomic E-state index is 0.254. The number of hydrogen-bond acceptors (Lipinski definition) is 5. The summed E-state index contributed by atoms with van der Waals surface area (Å²) >= 11 is 0. The van der Waals surface area contributed by atoms with Gasteiger partial charge >= 0.3 is 0 Å². The summed E-state index contributed by atoms with van der Waals surface area (Å²) in [5.41, 5.74) is 6.54. The number of nitrogens with one attached hydrogen (secondary N) is 4. The topological polar surface area (TPSA) is 122 Å². The normalized spacial score (nSPS) is 12.5. The van der Waals surface area contributed by atoms with E-state index in [1.165, 1.54) is 6.92 Å². The highest BCUT2D eigenvalue weighted by molar-refractivity contribution is 5.91. The van der Waals surface area contributed by atoms with Gasteiger partial charge in [0.25, 0.3) is 11.8 Å². The van der Waals surface area contributed by atoms with Crippen molar-refractivity contribution in [1.82, 2.24) is 21.2 Å². The van der Waals surface area contributed by atoms with Gasteiger partial charge in [-0.25, -0.2) is 0 Å². The second-order valence-electron chi connectivity index (χ2n) is 7.46. The molecule has 33 heavy (non-hydrogen) atoms. The molecule has 0 aliphatic rings. The van der Waals surface area contributed by atoms with Gasteiger partial charge in [-0.15, -0.1) is 0 Å². The first-order chi connectivity index (χ1) is 15.9. The zero-order valence-electron chi connectivity index (χ0n) is 18.8. The predicted molar refractivity (Wildman–Crippen MR) is 124 cm³/mol. The van der Waals surface area contributed by atoms with Gasteiger partial charge in [-0.2, -0.15) is 0 Å². The first kappa shape index (κ1) is 23.6. The molecule has 2 aromatic carbocycles. The Labute approximate surface area is 191 Å². The number of H-pyrrole nitrogens is 1. The quantitative estimate of drug-likeness (QED) is 0.371. The number of ether oxygens (including phenoxy) is 2. The molecule has 3 aromatic rings. The van der Waals surface area contributed by atoms with Crippen molar-refractivity contribution in [3.63, 3.8) is 0 Å². The van der Waals surface area contributed by atoms with Gasteiger partial charge in [-0.1, -0.05) is 18.2 Å². The standard InChI is InChI=1S/C24H28N4O5/c1-4-32-18-9-11-19(12-10-18)33-15(2)23(30)27-28-24(31)22(26-16(3)29)13-17-14-25-21-8-6-5-7-20(17)21/h5-12,14-15,22,25H,4,13H2,1-3H3,(H,26,29)(H,27,30)(H,28,31). The van der Waals surface area contributed by atoms with Gasteiger partial charge in [0.05, 0.1) is 6.61 Å². The minimum atomic E-state index is -0.871. The van der Waals surface area contributed by atoms with E-state index in [0.717, 1.165) is 16.5 Å². The third kappa shape index (κ3) is 6.49. The average Bonchev–Trinajstić information content (AvgIpc) is 3.21. The molecular formula is C24H28N4O5. The van der Waals surface area contributed by atoms with Gasteiger partial charge in [-0.3, -0.25) is 25.2 Å². The van der Waals surface area contributed by atoms with Gasteiger partial charge in [0.2, 0.25) is 5.91 Å². The number of hydrazine groups is 1. The summed E-state index contributed by atoms with van der Waals surface area (Å²) in [7, 11) is 0. The number of aromatic amines is 1. The lowest BCUT2D eigenvalue weighted by Gasteiger charge is -2.19. The summed E-state index contributed by atoms with van der Waals surface area (Å²) in [6, 6.07) is 13.7. The lowest BCUT2D eigenvalue weighted by Crippen LogP contribution is -2.54. The van der Waals surface area contributed by atoms with Crippen LogP contribution in [0.5, 0.6) is 11.5 Å². The second kappa shape index (κ2) is 11.0. The SMILES string of the molecule is CCOc1ccc(OC(C)C(=O)NNC(=O)C(Cc2c[nH]c3ccccc23)NC(C)=O)cc1. The molecular weight excluding hydrogens is 424 g/mol. The maximum Gasteiger partial charge on any atom is 0.279 e. The molecule has 0 radical (unpaired) electrons. The van der Waals surface area contributed by atoms with Crippen molar-refractivity contribution in [3.8, 4) is 11.5 Å². The van der Waals surface area contributed by atoms with Crippen LogP contribution in [0.15, 0.2) is 54.7 Å². The summed E-state index contributed by atoms with van der Waals surface area (Å²) in [6.07, 6.45) is 1.19. The molecule has 9 nitrogen and oxygen atoms in total.